The van der Waals surface area contributed by atoms with Crippen molar-refractivity contribution in [2.75, 3.05) is 13.2 Å². The normalized spacial score (nSPS) is 23.2. The first kappa shape index (κ1) is 30.6. The molecule has 2 saturated carbocycles. The highest BCUT2D eigenvalue weighted by molar-refractivity contribution is 5.33. The van der Waals surface area contributed by atoms with Crippen LogP contribution in [0.2, 0.25) is 0 Å². The number of halogens is 4. The third kappa shape index (κ3) is 7.67. The van der Waals surface area contributed by atoms with Crippen LogP contribution in [-0.4, -0.2) is 25.4 Å². The van der Waals surface area contributed by atoms with E-state index >= 15 is 4.39 Å². The van der Waals surface area contributed by atoms with Crippen LogP contribution < -0.4 is 4.74 Å². The summed E-state index contributed by atoms with van der Waals surface area (Å²) in [4.78, 5) is 0. The lowest BCUT2D eigenvalue weighted by molar-refractivity contribution is 0.0116. The molecule has 40 heavy (non-hydrogen) atoms. The highest BCUT2D eigenvalue weighted by Gasteiger charge is 2.29. The van der Waals surface area contributed by atoms with Crippen molar-refractivity contribution in [1.29, 1.82) is 0 Å². The van der Waals surface area contributed by atoms with Crippen LogP contribution >= 0.6 is 0 Å². The van der Waals surface area contributed by atoms with Crippen LogP contribution in [0.3, 0.4) is 0 Å². The lowest BCUT2D eigenvalue weighted by Crippen LogP contribution is -2.22. The van der Waals surface area contributed by atoms with E-state index in [2.05, 4.69) is 13.5 Å². The second kappa shape index (κ2) is 15.0. The number of benzene rings is 2. The lowest BCUT2D eigenvalue weighted by Gasteiger charge is -2.30. The Morgan fingerprint density at radius 1 is 0.725 bits per heavy atom. The molecule has 0 aliphatic heterocycles. The van der Waals surface area contributed by atoms with Gasteiger partial charge in [0.05, 0.1) is 25.4 Å². The summed E-state index contributed by atoms with van der Waals surface area (Å²) in [5.74, 6) is -3.65. The minimum Gasteiger partial charge on any atom is -0.490 e. The van der Waals surface area contributed by atoms with Crippen molar-refractivity contribution in [3.05, 3.63) is 76.9 Å². The highest BCUT2D eigenvalue weighted by Crippen LogP contribution is 2.39. The first-order chi connectivity index (χ1) is 19.4. The Bertz CT molecular complexity index is 1110. The molecule has 0 unspecified atom stereocenters. The summed E-state index contributed by atoms with van der Waals surface area (Å²) in [5, 5.41) is 0. The lowest BCUT2D eigenvalue weighted by atomic mass is 9.82. The van der Waals surface area contributed by atoms with Gasteiger partial charge in [-0.25, -0.2) is 13.2 Å². The van der Waals surface area contributed by atoms with Gasteiger partial charge in [-0.05, 0) is 93.2 Å². The molecule has 0 radical (unpaired) electrons. The van der Waals surface area contributed by atoms with E-state index in [1.165, 1.54) is 6.07 Å². The first-order valence-corrected chi connectivity index (χ1v) is 14.8. The Morgan fingerprint density at radius 3 is 1.90 bits per heavy atom. The van der Waals surface area contributed by atoms with Crippen LogP contribution in [0.1, 0.15) is 106 Å². The van der Waals surface area contributed by atoms with E-state index in [0.717, 1.165) is 45.1 Å². The number of hydrogen-bond acceptors (Lipinski definition) is 3. The van der Waals surface area contributed by atoms with Gasteiger partial charge in [0.1, 0.15) is 0 Å². The van der Waals surface area contributed by atoms with Gasteiger partial charge in [0.2, 0.25) is 5.82 Å². The second-order valence-corrected chi connectivity index (χ2v) is 11.1. The van der Waals surface area contributed by atoms with Crippen molar-refractivity contribution in [3.63, 3.8) is 0 Å². The summed E-state index contributed by atoms with van der Waals surface area (Å²) >= 11 is 0. The summed E-state index contributed by atoms with van der Waals surface area (Å²) in [7, 11) is 0. The Kier molecular flexibility index (Phi) is 11.5. The molecule has 2 aromatic carbocycles. The van der Waals surface area contributed by atoms with Crippen LogP contribution in [0.5, 0.6) is 5.75 Å². The molecule has 2 aliphatic carbocycles. The fourth-order valence-corrected chi connectivity index (χ4v) is 5.94. The third-order valence-electron chi connectivity index (χ3n) is 8.40. The van der Waals surface area contributed by atoms with Gasteiger partial charge in [0.15, 0.2) is 23.2 Å². The average molecular weight is 563 g/mol. The van der Waals surface area contributed by atoms with E-state index in [9.17, 15) is 13.2 Å². The maximum absolute atomic E-state index is 15.0. The summed E-state index contributed by atoms with van der Waals surface area (Å²) < 4.78 is 76.4. The van der Waals surface area contributed by atoms with Gasteiger partial charge in [0, 0.05) is 12.2 Å². The molecule has 0 bridgehead atoms. The summed E-state index contributed by atoms with van der Waals surface area (Å²) in [5.41, 5.74) is 0.998. The van der Waals surface area contributed by atoms with Crippen molar-refractivity contribution in [2.45, 2.75) is 108 Å². The van der Waals surface area contributed by atoms with Gasteiger partial charge in [0.25, 0.3) is 0 Å². The molecule has 3 nitrogen and oxygen atoms in total. The van der Waals surface area contributed by atoms with Gasteiger partial charge in [-0.15, -0.1) is 6.58 Å². The van der Waals surface area contributed by atoms with Crippen LogP contribution in [0.25, 0.3) is 0 Å². The van der Waals surface area contributed by atoms with Crippen molar-refractivity contribution in [2.24, 2.45) is 0 Å². The Morgan fingerprint density at radius 2 is 1.30 bits per heavy atom. The summed E-state index contributed by atoms with van der Waals surface area (Å²) in [6, 6.07) is 6.42. The molecule has 220 valence electrons. The fourth-order valence-electron chi connectivity index (χ4n) is 5.94. The molecule has 7 heteroatoms. The zero-order valence-corrected chi connectivity index (χ0v) is 23.5. The smallest absolute Gasteiger partial charge is 0.200 e. The van der Waals surface area contributed by atoms with Crippen molar-refractivity contribution < 1.29 is 31.8 Å². The number of unbranched alkanes of at least 4 members (excludes halogenated alkanes) is 1. The van der Waals surface area contributed by atoms with Gasteiger partial charge >= 0.3 is 0 Å². The number of ether oxygens (including phenoxy) is 3. The predicted octanol–water partition coefficient (Wildman–Crippen LogP) is 9.28. The van der Waals surface area contributed by atoms with Crippen LogP contribution in [0.4, 0.5) is 17.6 Å². The SMILES string of the molecule is C=CCCOc1ccc(C2CCC(OCc3ccc(C4CCC(OCCCC)CC4)c(F)c3F)CC2)c(F)c1F. The highest BCUT2D eigenvalue weighted by atomic mass is 19.2. The van der Waals surface area contributed by atoms with Crippen molar-refractivity contribution in [3.8, 4) is 5.75 Å². The largest absolute Gasteiger partial charge is 0.490 e. The molecule has 2 fully saturated rings. The third-order valence-corrected chi connectivity index (χ3v) is 8.40. The minimum atomic E-state index is -0.964. The Balaban J connectivity index is 1.26. The standard InChI is InChI=1S/C33H42F4O3/c1-3-5-19-38-25-12-7-22(8-13-25)27-16-11-24(30(34)31(27)35)21-40-26-14-9-23(10-15-26)28-17-18-29(33(37)32(28)36)39-20-6-4-2/h4,11,16-18,22-23,25-26H,2-3,5-10,12-15,19-21H2,1H3. The molecule has 2 aliphatic rings. The van der Waals surface area contributed by atoms with Gasteiger partial charge < -0.3 is 14.2 Å². The molecule has 0 saturated heterocycles. The molecular formula is C33H42F4O3. The minimum absolute atomic E-state index is 0.00350. The van der Waals surface area contributed by atoms with E-state index < -0.39 is 23.3 Å². The quantitative estimate of drug-likeness (QED) is 0.138. The molecule has 4 rings (SSSR count). The second-order valence-electron chi connectivity index (χ2n) is 11.1. The van der Waals surface area contributed by atoms with Crippen molar-refractivity contribution in [1.82, 2.24) is 0 Å². The van der Waals surface area contributed by atoms with Gasteiger partial charge in [-0.1, -0.05) is 37.6 Å². The van der Waals surface area contributed by atoms with E-state index in [-0.39, 0.29) is 48.6 Å². The fraction of sp³-hybridized carbons (Fsp3) is 0.576. The van der Waals surface area contributed by atoms with Crippen LogP contribution in [0, 0.1) is 23.3 Å². The molecule has 0 amide bonds. The van der Waals surface area contributed by atoms with Gasteiger partial charge in [-0.2, -0.15) is 4.39 Å². The van der Waals surface area contributed by atoms with Crippen LogP contribution in [-0.2, 0) is 16.1 Å². The Labute approximate surface area is 235 Å². The molecule has 2 aromatic rings. The average Bonchev–Trinajstić information content (AvgIpc) is 2.97. The summed E-state index contributed by atoms with van der Waals surface area (Å²) in [6.45, 7) is 6.70. The molecule has 0 heterocycles. The maximum Gasteiger partial charge on any atom is 0.200 e. The van der Waals surface area contributed by atoms with E-state index in [0.29, 0.717) is 43.2 Å². The zero-order chi connectivity index (χ0) is 28.5. The zero-order valence-electron chi connectivity index (χ0n) is 23.5. The molecule has 0 atom stereocenters. The molecule has 0 spiro atoms. The molecule has 0 aromatic heterocycles. The monoisotopic (exact) mass is 562 g/mol. The first-order valence-electron chi connectivity index (χ1n) is 14.8. The van der Waals surface area contributed by atoms with E-state index in [4.69, 9.17) is 14.2 Å². The maximum atomic E-state index is 15.0. The topological polar surface area (TPSA) is 27.7 Å². The van der Waals surface area contributed by atoms with Crippen molar-refractivity contribution >= 4 is 0 Å². The van der Waals surface area contributed by atoms with Crippen LogP contribution in [0.15, 0.2) is 36.9 Å². The van der Waals surface area contributed by atoms with Gasteiger partial charge in [-0.3, -0.25) is 0 Å². The predicted molar refractivity (Wildman–Crippen MR) is 149 cm³/mol. The summed E-state index contributed by atoms with van der Waals surface area (Å²) in [6.07, 6.45) is 10.3. The van der Waals surface area contributed by atoms with E-state index in [1.54, 1.807) is 24.3 Å². The molecular weight excluding hydrogens is 520 g/mol. The molecule has 0 N–H and O–H groups in total. The Hall–Kier alpha value is -2.38. The van der Waals surface area contributed by atoms with E-state index in [1.807, 2.05) is 0 Å². The number of rotatable bonds is 13. The number of hydrogen-bond donors (Lipinski definition) is 0.